The minimum Gasteiger partial charge on any atom is -0.481 e. The number of amides is 1. The van der Waals surface area contributed by atoms with Crippen LogP contribution in [0.3, 0.4) is 0 Å². The zero-order chi connectivity index (χ0) is 22.0. The molecule has 2 aromatic rings. The van der Waals surface area contributed by atoms with Crippen LogP contribution in [0.4, 0.5) is 4.39 Å². The Morgan fingerprint density at radius 2 is 1.90 bits per heavy atom. The largest absolute Gasteiger partial charge is 0.481 e. The fourth-order valence-corrected chi connectivity index (χ4v) is 4.67. The van der Waals surface area contributed by atoms with Gasteiger partial charge in [-0.05, 0) is 62.3 Å². The third-order valence-electron chi connectivity index (χ3n) is 6.56. The van der Waals surface area contributed by atoms with E-state index in [0.717, 1.165) is 36.2 Å². The van der Waals surface area contributed by atoms with E-state index in [9.17, 15) is 14.0 Å². The van der Waals surface area contributed by atoms with Gasteiger partial charge in [-0.3, -0.25) is 14.3 Å². The second-order valence-electron chi connectivity index (χ2n) is 8.63. The van der Waals surface area contributed by atoms with Gasteiger partial charge in [0.1, 0.15) is 5.82 Å². The lowest BCUT2D eigenvalue weighted by molar-refractivity contribution is -0.143. The fraction of sp³-hybridized carbons (Fsp3) is 0.522. The smallest absolute Gasteiger partial charge is 0.306 e. The molecule has 2 aliphatic rings. The molecule has 1 aromatic carbocycles. The van der Waals surface area contributed by atoms with Gasteiger partial charge in [-0.1, -0.05) is 12.1 Å². The van der Waals surface area contributed by atoms with Crippen molar-refractivity contribution in [2.45, 2.75) is 58.2 Å². The maximum absolute atomic E-state index is 13.2. The summed E-state index contributed by atoms with van der Waals surface area (Å²) in [6, 6.07) is 6.61. The number of hydrogen-bond acceptors (Lipinski definition) is 4. The zero-order valence-electron chi connectivity index (χ0n) is 17.8. The number of aromatic nitrogens is 2. The summed E-state index contributed by atoms with van der Waals surface area (Å²) in [5, 5.41) is 17.1. The molecule has 0 saturated heterocycles. The first-order valence-corrected chi connectivity index (χ1v) is 10.9. The molecule has 1 aliphatic carbocycles. The molecule has 1 fully saturated rings. The first kappa shape index (κ1) is 21.5. The number of carbonyl (C=O) groups excluding carboxylic acids is 1. The quantitative estimate of drug-likeness (QED) is 0.738. The van der Waals surface area contributed by atoms with Gasteiger partial charge in [0.15, 0.2) is 0 Å². The topological polar surface area (TPSA) is 87.5 Å². The predicted molar refractivity (Wildman–Crippen MR) is 113 cm³/mol. The van der Waals surface area contributed by atoms with E-state index < -0.39 is 5.97 Å². The van der Waals surface area contributed by atoms with Gasteiger partial charge < -0.3 is 15.3 Å². The molecule has 31 heavy (non-hydrogen) atoms. The Balaban J connectivity index is 1.35. The first-order valence-electron chi connectivity index (χ1n) is 10.9. The van der Waals surface area contributed by atoms with Crippen LogP contribution in [0.2, 0.25) is 0 Å². The lowest BCUT2D eigenvalue weighted by Crippen LogP contribution is -2.45. The highest BCUT2D eigenvalue weighted by atomic mass is 19.1. The maximum Gasteiger partial charge on any atom is 0.306 e. The Kier molecular flexibility index (Phi) is 6.36. The summed E-state index contributed by atoms with van der Waals surface area (Å²) in [6.07, 6.45) is 3.68. The van der Waals surface area contributed by atoms with Crippen molar-refractivity contribution in [3.63, 3.8) is 0 Å². The van der Waals surface area contributed by atoms with Crippen molar-refractivity contribution in [2.24, 2.45) is 5.92 Å². The van der Waals surface area contributed by atoms with E-state index in [1.165, 1.54) is 17.7 Å². The van der Waals surface area contributed by atoms with Crippen LogP contribution in [0.1, 0.15) is 48.2 Å². The lowest BCUT2D eigenvalue weighted by atomic mass is 9.86. The molecule has 8 heteroatoms. The van der Waals surface area contributed by atoms with Gasteiger partial charge in [0.05, 0.1) is 36.9 Å². The van der Waals surface area contributed by atoms with Gasteiger partial charge in [0, 0.05) is 12.6 Å². The number of aryl methyl sites for hydroxylation is 1. The fourth-order valence-electron chi connectivity index (χ4n) is 4.67. The molecule has 1 saturated carbocycles. The minimum atomic E-state index is -0.716. The van der Waals surface area contributed by atoms with Gasteiger partial charge >= 0.3 is 5.97 Å². The van der Waals surface area contributed by atoms with Crippen molar-refractivity contribution in [3.05, 3.63) is 52.6 Å². The number of fused-ring (bicyclic) bond motifs is 1. The highest BCUT2D eigenvalue weighted by Gasteiger charge is 2.28. The summed E-state index contributed by atoms with van der Waals surface area (Å²) in [5.41, 5.74) is 4.20. The van der Waals surface area contributed by atoms with E-state index in [4.69, 9.17) is 5.11 Å². The zero-order valence-corrected chi connectivity index (χ0v) is 17.8. The van der Waals surface area contributed by atoms with Crippen molar-refractivity contribution >= 4 is 11.9 Å². The van der Waals surface area contributed by atoms with E-state index in [1.807, 2.05) is 16.5 Å². The molecule has 4 rings (SSSR count). The number of aliphatic carboxylic acids is 1. The second kappa shape index (κ2) is 9.18. The Labute approximate surface area is 181 Å². The molecule has 1 aliphatic heterocycles. The van der Waals surface area contributed by atoms with E-state index >= 15 is 0 Å². The molecule has 2 heterocycles. The van der Waals surface area contributed by atoms with E-state index in [2.05, 4.69) is 10.4 Å². The Morgan fingerprint density at radius 1 is 1.19 bits per heavy atom. The van der Waals surface area contributed by atoms with Crippen molar-refractivity contribution in [3.8, 4) is 0 Å². The molecule has 1 aromatic heterocycles. The van der Waals surface area contributed by atoms with Crippen LogP contribution in [0.25, 0.3) is 0 Å². The van der Waals surface area contributed by atoms with Gasteiger partial charge in [0.25, 0.3) is 0 Å². The normalized spacial score (nSPS) is 21.0. The number of carboxylic acid groups (broad SMARTS) is 1. The van der Waals surface area contributed by atoms with E-state index in [1.54, 1.807) is 12.1 Å². The first-order chi connectivity index (χ1) is 14.9. The minimum absolute atomic E-state index is 0.0539. The van der Waals surface area contributed by atoms with E-state index in [-0.39, 0.29) is 30.2 Å². The number of benzene rings is 1. The van der Waals surface area contributed by atoms with Gasteiger partial charge in [-0.15, -0.1) is 0 Å². The highest BCUT2D eigenvalue weighted by Crippen LogP contribution is 2.25. The summed E-state index contributed by atoms with van der Waals surface area (Å²) in [4.78, 5) is 25.8. The van der Waals surface area contributed by atoms with Gasteiger partial charge in [-0.2, -0.15) is 5.10 Å². The Morgan fingerprint density at radius 3 is 2.58 bits per heavy atom. The van der Waals surface area contributed by atoms with Crippen LogP contribution < -0.4 is 5.32 Å². The highest BCUT2D eigenvalue weighted by molar-refractivity contribution is 5.78. The second-order valence-corrected chi connectivity index (χ2v) is 8.63. The molecule has 166 valence electrons. The third-order valence-corrected chi connectivity index (χ3v) is 6.56. The molecule has 7 nitrogen and oxygen atoms in total. The van der Waals surface area contributed by atoms with Gasteiger partial charge in [-0.25, -0.2) is 4.39 Å². The molecule has 2 N–H and O–H groups in total. The molecule has 1 amide bonds. The summed E-state index contributed by atoms with van der Waals surface area (Å²) in [7, 11) is 0. The molecule has 0 bridgehead atoms. The van der Waals surface area contributed by atoms with Crippen LogP contribution in [-0.2, 0) is 29.1 Å². The number of carboxylic acids is 1. The number of rotatable bonds is 6. The molecular formula is C23H29FN4O3. The molecule has 0 radical (unpaired) electrons. The summed E-state index contributed by atoms with van der Waals surface area (Å²) in [6.45, 7) is 3.99. The average Bonchev–Trinajstić information content (AvgIpc) is 3.08. The van der Waals surface area contributed by atoms with Crippen LogP contribution in [0.15, 0.2) is 24.3 Å². The number of hydrogen-bond donors (Lipinski definition) is 2. The summed E-state index contributed by atoms with van der Waals surface area (Å²) in [5.74, 6) is -1.17. The summed E-state index contributed by atoms with van der Waals surface area (Å²) < 4.78 is 15.1. The van der Waals surface area contributed by atoms with Crippen LogP contribution in [0, 0.1) is 18.7 Å². The van der Waals surface area contributed by atoms with Crippen molar-refractivity contribution in [2.75, 3.05) is 13.1 Å². The number of halogens is 1. The number of nitrogens with one attached hydrogen (secondary N) is 1. The molecule has 0 unspecified atom stereocenters. The maximum atomic E-state index is 13.2. The van der Waals surface area contributed by atoms with Crippen LogP contribution in [0.5, 0.6) is 0 Å². The van der Waals surface area contributed by atoms with Crippen LogP contribution in [-0.4, -0.2) is 50.8 Å². The predicted octanol–water partition coefficient (Wildman–Crippen LogP) is 2.50. The van der Waals surface area contributed by atoms with Crippen LogP contribution >= 0.6 is 0 Å². The monoisotopic (exact) mass is 428 g/mol. The van der Waals surface area contributed by atoms with Crippen molar-refractivity contribution in [1.82, 2.24) is 20.0 Å². The van der Waals surface area contributed by atoms with Gasteiger partial charge in [0.2, 0.25) is 5.91 Å². The Hall–Kier alpha value is -2.74. The van der Waals surface area contributed by atoms with Crippen molar-refractivity contribution in [1.29, 1.82) is 0 Å². The molecule has 0 spiro atoms. The third kappa shape index (κ3) is 4.95. The number of carbonyl (C=O) groups is 2. The molecular weight excluding hydrogens is 399 g/mol. The number of nitrogens with zero attached hydrogens (tertiary/aromatic N) is 3. The van der Waals surface area contributed by atoms with Crippen molar-refractivity contribution < 1.29 is 19.1 Å². The molecule has 0 atom stereocenters. The Bertz CT molecular complexity index is 948. The van der Waals surface area contributed by atoms with E-state index in [0.29, 0.717) is 32.5 Å². The SMILES string of the molecule is Cc1nn(Cc2ccc(F)cc2)c2c1CCN(C(=O)CN[C@H]1CC[C@H](C(=O)O)CC1)C2. The lowest BCUT2D eigenvalue weighted by Gasteiger charge is -2.30. The summed E-state index contributed by atoms with van der Waals surface area (Å²) >= 11 is 0. The average molecular weight is 429 g/mol. The standard InChI is InChI=1S/C23H29FN4O3/c1-15-20-10-11-27(22(29)12-25-19-8-4-17(5-9-19)23(30)31)14-21(20)28(26-15)13-16-2-6-18(24)7-3-16/h2-3,6-7,17,19,25H,4-5,8-14H2,1H3,(H,30,31)/t17-,19-.